The minimum atomic E-state index is -0.817. The fraction of sp³-hybridized carbons (Fsp3) is 0.471. The van der Waals surface area contributed by atoms with Crippen LogP contribution in [0.3, 0.4) is 0 Å². The Morgan fingerprint density at radius 2 is 2.10 bits per heavy atom. The fourth-order valence-electron chi connectivity index (χ4n) is 1.93. The molecule has 3 nitrogen and oxygen atoms in total. The summed E-state index contributed by atoms with van der Waals surface area (Å²) in [5, 5.41) is 10.9. The Morgan fingerprint density at radius 3 is 2.71 bits per heavy atom. The van der Waals surface area contributed by atoms with Crippen LogP contribution in [0.1, 0.15) is 49.1 Å². The van der Waals surface area contributed by atoms with Gasteiger partial charge in [-0.2, -0.15) is 0 Å². The molecule has 0 aliphatic carbocycles. The minimum absolute atomic E-state index is 0.502. The van der Waals surface area contributed by atoms with Crippen LogP contribution in [-0.2, 0) is 12.0 Å². The van der Waals surface area contributed by atoms with Gasteiger partial charge in [-0.3, -0.25) is 0 Å². The third kappa shape index (κ3) is 4.55. The molecule has 0 spiro atoms. The number of aliphatic hydroxyl groups is 1. The Labute approximate surface area is 130 Å². The Bertz CT molecular complexity index is 584. The summed E-state index contributed by atoms with van der Waals surface area (Å²) in [6, 6.07) is 8.22. The minimum Gasteiger partial charge on any atom is -0.493 e. The van der Waals surface area contributed by atoms with E-state index in [1.807, 2.05) is 12.1 Å². The van der Waals surface area contributed by atoms with Crippen LogP contribution in [0.25, 0.3) is 0 Å². The van der Waals surface area contributed by atoms with Gasteiger partial charge in [0.2, 0.25) is 0 Å². The molecule has 1 aromatic heterocycles. The average Bonchev–Trinajstić information content (AvgIpc) is 2.88. The molecule has 0 fully saturated rings. The molecule has 0 aliphatic rings. The van der Waals surface area contributed by atoms with E-state index in [4.69, 9.17) is 4.74 Å². The highest BCUT2D eigenvalue weighted by molar-refractivity contribution is 7.11. The summed E-state index contributed by atoms with van der Waals surface area (Å²) in [4.78, 5) is 5.23. The van der Waals surface area contributed by atoms with E-state index in [9.17, 15) is 5.11 Å². The van der Waals surface area contributed by atoms with Crippen molar-refractivity contribution in [2.75, 3.05) is 6.61 Å². The molecule has 0 saturated carbocycles. The SMILES string of the molecule is CC(C)c1cccc(OCCc2ncc(C(C)(C)O)s2)c1. The second-order valence-corrected chi connectivity index (χ2v) is 7.12. The summed E-state index contributed by atoms with van der Waals surface area (Å²) in [5.74, 6) is 1.40. The van der Waals surface area contributed by atoms with Gasteiger partial charge >= 0.3 is 0 Å². The van der Waals surface area contributed by atoms with Crippen molar-refractivity contribution in [2.45, 2.75) is 45.6 Å². The van der Waals surface area contributed by atoms with Crippen LogP contribution in [0.2, 0.25) is 0 Å². The average molecular weight is 305 g/mol. The largest absolute Gasteiger partial charge is 0.493 e. The lowest BCUT2D eigenvalue weighted by Crippen LogP contribution is -2.12. The molecule has 4 heteroatoms. The van der Waals surface area contributed by atoms with Gasteiger partial charge in [-0.25, -0.2) is 4.98 Å². The van der Waals surface area contributed by atoms with Crippen molar-refractivity contribution in [3.63, 3.8) is 0 Å². The highest BCUT2D eigenvalue weighted by Gasteiger charge is 2.19. The molecule has 0 bridgehead atoms. The van der Waals surface area contributed by atoms with E-state index in [1.54, 1.807) is 31.4 Å². The number of benzene rings is 1. The lowest BCUT2D eigenvalue weighted by molar-refractivity contribution is 0.0823. The first-order valence-corrected chi connectivity index (χ1v) is 8.08. The number of hydrogen-bond donors (Lipinski definition) is 1. The molecule has 2 aromatic rings. The van der Waals surface area contributed by atoms with Gasteiger partial charge in [-0.1, -0.05) is 26.0 Å². The second kappa shape index (κ2) is 6.58. The third-order valence-electron chi connectivity index (χ3n) is 3.27. The number of aromatic nitrogens is 1. The van der Waals surface area contributed by atoms with Crippen LogP contribution in [0.15, 0.2) is 30.5 Å². The molecule has 1 heterocycles. The van der Waals surface area contributed by atoms with E-state index < -0.39 is 5.60 Å². The molecule has 21 heavy (non-hydrogen) atoms. The Morgan fingerprint density at radius 1 is 1.33 bits per heavy atom. The number of thiazole rings is 1. The van der Waals surface area contributed by atoms with Gasteiger partial charge in [-0.15, -0.1) is 11.3 Å². The molecule has 0 atom stereocenters. The van der Waals surface area contributed by atoms with Gasteiger partial charge in [0.15, 0.2) is 0 Å². The van der Waals surface area contributed by atoms with Gasteiger partial charge in [0, 0.05) is 12.6 Å². The molecular weight excluding hydrogens is 282 g/mol. The first kappa shape index (κ1) is 16.0. The van der Waals surface area contributed by atoms with Crippen LogP contribution >= 0.6 is 11.3 Å². The smallest absolute Gasteiger partial charge is 0.119 e. The highest BCUT2D eigenvalue weighted by Crippen LogP contribution is 2.26. The molecule has 2 rings (SSSR count). The van der Waals surface area contributed by atoms with Crippen LogP contribution in [0.5, 0.6) is 5.75 Å². The van der Waals surface area contributed by atoms with Crippen molar-refractivity contribution in [3.05, 3.63) is 45.9 Å². The maximum absolute atomic E-state index is 9.93. The van der Waals surface area contributed by atoms with E-state index in [0.717, 1.165) is 22.1 Å². The number of hydrogen-bond acceptors (Lipinski definition) is 4. The van der Waals surface area contributed by atoms with Crippen LogP contribution in [-0.4, -0.2) is 16.7 Å². The lowest BCUT2D eigenvalue weighted by atomic mass is 10.0. The van der Waals surface area contributed by atoms with E-state index in [0.29, 0.717) is 12.5 Å². The Kier molecular flexibility index (Phi) is 5.01. The van der Waals surface area contributed by atoms with Crippen LogP contribution in [0.4, 0.5) is 0 Å². The summed E-state index contributed by atoms with van der Waals surface area (Å²) in [6.45, 7) is 8.50. The second-order valence-electron chi connectivity index (χ2n) is 6.00. The maximum Gasteiger partial charge on any atom is 0.119 e. The standard InChI is InChI=1S/C17H23NO2S/c1-12(2)13-6-5-7-14(10-13)20-9-8-16-18-11-15(21-16)17(3,4)19/h5-7,10-12,19H,8-9H2,1-4H3. The molecule has 114 valence electrons. The fourth-order valence-corrected chi connectivity index (χ4v) is 2.83. The van der Waals surface area contributed by atoms with Crippen molar-refractivity contribution in [3.8, 4) is 5.75 Å². The molecular formula is C17H23NO2S. The summed E-state index contributed by atoms with van der Waals surface area (Å²) in [7, 11) is 0. The quantitative estimate of drug-likeness (QED) is 0.873. The normalized spacial score (nSPS) is 11.9. The summed E-state index contributed by atoms with van der Waals surface area (Å²) in [5.41, 5.74) is 0.466. The van der Waals surface area contributed by atoms with Crippen molar-refractivity contribution in [1.82, 2.24) is 4.98 Å². The molecule has 0 aliphatic heterocycles. The maximum atomic E-state index is 9.93. The van der Waals surface area contributed by atoms with Crippen LogP contribution in [0, 0.1) is 0 Å². The zero-order valence-corrected chi connectivity index (χ0v) is 13.9. The number of nitrogens with zero attached hydrogens (tertiary/aromatic N) is 1. The van der Waals surface area contributed by atoms with Gasteiger partial charge in [-0.05, 0) is 37.5 Å². The van der Waals surface area contributed by atoms with Gasteiger partial charge in [0.1, 0.15) is 5.75 Å². The van der Waals surface area contributed by atoms with Gasteiger partial charge < -0.3 is 9.84 Å². The summed E-state index contributed by atoms with van der Waals surface area (Å²) >= 11 is 1.54. The third-order valence-corrected chi connectivity index (χ3v) is 4.64. The van der Waals surface area contributed by atoms with E-state index in [1.165, 1.54) is 5.56 Å². The zero-order valence-electron chi connectivity index (χ0n) is 13.1. The van der Waals surface area contributed by atoms with Crippen LogP contribution < -0.4 is 4.74 Å². The van der Waals surface area contributed by atoms with Crippen molar-refractivity contribution < 1.29 is 9.84 Å². The Balaban J connectivity index is 1.90. The summed E-state index contributed by atoms with van der Waals surface area (Å²) in [6.07, 6.45) is 2.51. The van der Waals surface area contributed by atoms with Crippen molar-refractivity contribution >= 4 is 11.3 Å². The number of ether oxygens (including phenoxy) is 1. The monoisotopic (exact) mass is 305 g/mol. The molecule has 1 N–H and O–H groups in total. The lowest BCUT2D eigenvalue weighted by Gasteiger charge is -2.13. The van der Waals surface area contributed by atoms with E-state index in [2.05, 4.69) is 31.0 Å². The van der Waals surface area contributed by atoms with E-state index >= 15 is 0 Å². The summed E-state index contributed by atoms with van der Waals surface area (Å²) < 4.78 is 5.80. The number of rotatable bonds is 6. The zero-order chi connectivity index (χ0) is 15.5. The highest BCUT2D eigenvalue weighted by atomic mass is 32.1. The van der Waals surface area contributed by atoms with Gasteiger partial charge in [0.05, 0.1) is 22.1 Å². The molecule has 1 aromatic carbocycles. The van der Waals surface area contributed by atoms with Gasteiger partial charge in [0.25, 0.3) is 0 Å². The predicted molar refractivity (Wildman–Crippen MR) is 87.1 cm³/mol. The molecule has 0 unspecified atom stereocenters. The predicted octanol–water partition coefficient (Wildman–Crippen LogP) is 4.12. The van der Waals surface area contributed by atoms with Crippen molar-refractivity contribution in [2.24, 2.45) is 0 Å². The van der Waals surface area contributed by atoms with E-state index in [-0.39, 0.29) is 0 Å². The Hall–Kier alpha value is -1.39. The first-order valence-electron chi connectivity index (χ1n) is 7.26. The molecule has 0 saturated heterocycles. The van der Waals surface area contributed by atoms with Crippen molar-refractivity contribution in [1.29, 1.82) is 0 Å². The topological polar surface area (TPSA) is 42.4 Å². The first-order chi connectivity index (χ1) is 9.86. The molecule has 0 amide bonds. The molecule has 0 radical (unpaired) electrons.